The van der Waals surface area contributed by atoms with Gasteiger partial charge in [-0.1, -0.05) is 11.6 Å². The van der Waals surface area contributed by atoms with Gasteiger partial charge in [0.15, 0.2) is 5.76 Å². The molecule has 24 heavy (non-hydrogen) atoms. The minimum Gasteiger partial charge on any atom is -0.451 e. The smallest absolute Gasteiger partial charge is 0.289 e. The van der Waals surface area contributed by atoms with Crippen molar-refractivity contribution in [3.05, 3.63) is 35.6 Å². The van der Waals surface area contributed by atoms with Crippen molar-refractivity contribution >= 4 is 29.3 Å². The van der Waals surface area contributed by atoms with E-state index in [1.807, 2.05) is 23.1 Å². The van der Waals surface area contributed by atoms with Crippen LogP contribution in [0.15, 0.2) is 28.7 Å². The second-order valence-electron chi connectivity index (χ2n) is 7.19. The van der Waals surface area contributed by atoms with Crippen LogP contribution < -0.4 is 5.32 Å². The molecule has 0 saturated carbocycles. The summed E-state index contributed by atoms with van der Waals surface area (Å²) in [6, 6.07) is 7.92. The Morgan fingerprint density at radius 1 is 1.12 bits per heavy atom. The van der Waals surface area contributed by atoms with Crippen LogP contribution in [0.4, 0.5) is 0 Å². The molecule has 3 heterocycles. The highest BCUT2D eigenvalue weighted by molar-refractivity contribution is 5.96. The van der Waals surface area contributed by atoms with Crippen molar-refractivity contribution in [2.75, 3.05) is 26.2 Å². The van der Waals surface area contributed by atoms with Gasteiger partial charge >= 0.3 is 0 Å². The Morgan fingerprint density at radius 2 is 1.83 bits per heavy atom. The number of benzene rings is 1. The largest absolute Gasteiger partial charge is 0.451 e. The number of rotatable bonds is 1. The van der Waals surface area contributed by atoms with Gasteiger partial charge in [0, 0.05) is 18.5 Å². The summed E-state index contributed by atoms with van der Waals surface area (Å²) in [6.07, 6.45) is 4.75. The second-order valence-corrected chi connectivity index (χ2v) is 7.19. The third kappa shape index (κ3) is 3.17. The van der Waals surface area contributed by atoms with Crippen LogP contribution in [0.3, 0.4) is 0 Å². The van der Waals surface area contributed by atoms with Crippen LogP contribution in [0.25, 0.3) is 11.0 Å². The van der Waals surface area contributed by atoms with E-state index in [4.69, 9.17) is 4.42 Å². The molecule has 4 nitrogen and oxygen atoms in total. The average Bonchev–Trinajstić information content (AvgIpc) is 2.99. The molecular weight excluding hydrogens is 324 g/mol. The van der Waals surface area contributed by atoms with E-state index < -0.39 is 0 Å². The average molecular weight is 349 g/mol. The normalized spacial score (nSPS) is 20.1. The van der Waals surface area contributed by atoms with Crippen LogP contribution in [-0.2, 0) is 0 Å². The number of hydrogen-bond donors (Lipinski definition) is 1. The van der Waals surface area contributed by atoms with Crippen molar-refractivity contribution in [2.45, 2.75) is 32.6 Å². The molecular formula is C19H25ClN2O2. The Hall–Kier alpha value is -1.52. The molecule has 5 heteroatoms. The Morgan fingerprint density at radius 3 is 2.54 bits per heavy atom. The number of piperidine rings is 2. The molecule has 2 fully saturated rings. The lowest BCUT2D eigenvalue weighted by molar-refractivity contribution is 0.0471. The van der Waals surface area contributed by atoms with Crippen molar-refractivity contribution in [2.24, 2.45) is 5.41 Å². The summed E-state index contributed by atoms with van der Waals surface area (Å²) in [6.45, 7) is 6.01. The topological polar surface area (TPSA) is 45.5 Å². The van der Waals surface area contributed by atoms with Gasteiger partial charge in [0.25, 0.3) is 5.91 Å². The zero-order valence-corrected chi connectivity index (χ0v) is 15.0. The monoisotopic (exact) mass is 348 g/mol. The number of aryl methyl sites for hydroxylation is 1. The summed E-state index contributed by atoms with van der Waals surface area (Å²) in [7, 11) is 0. The lowest BCUT2D eigenvalue weighted by Gasteiger charge is -2.44. The Balaban J connectivity index is 0.00000169. The molecule has 1 aromatic carbocycles. The molecule has 0 unspecified atom stereocenters. The minimum atomic E-state index is 0. The number of nitrogens with one attached hydrogen (secondary N) is 1. The molecule has 0 atom stereocenters. The molecule has 2 saturated heterocycles. The number of furan rings is 1. The molecule has 130 valence electrons. The number of carbonyl (C=O) groups excluding carboxylic acids is 1. The fourth-order valence-corrected chi connectivity index (χ4v) is 4.07. The van der Waals surface area contributed by atoms with Crippen LogP contribution in [0.5, 0.6) is 0 Å². The van der Waals surface area contributed by atoms with Gasteiger partial charge < -0.3 is 14.6 Å². The molecule has 1 N–H and O–H groups in total. The van der Waals surface area contributed by atoms with E-state index in [1.165, 1.54) is 18.4 Å². The molecule has 0 radical (unpaired) electrons. The lowest BCUT2D eigenvalue weighted by Crippen LogP contribution is -2.47. The first-order valence-corrected chi connectivity index (χ1v) is 8.66. The van der Waals surface area contributed by atoms with E-state index in [9.17, 15) is 4.79 Å². The first kappa shape index (κ1) is 17.3. The highest BCUT2D eigenvalue weighted by atomic mass is 35.5. The number of nitrogens with zero attached hydrogens (tertiary/aromatic N) is 1. The van der Waals surface area contributed by atoms with E-state index in [0.717, 1.165) is 50.0 Å². The van der Waals surface area contributed by atoms with Crippen molar-refractivity contribution in [1.82, 2.24) is 10.2 Å². The molecule has 1 amide bonds. The summed E-state index contributed by atoms with van der Waals surface area (Å²) in [5.74, 6) is 0.523. The Labute approximate surface area is 149 Å². The van der Waals surface area contributed by atoms with Gasteiger partial charge in [-0.05, 0) is 69.3 Å². The number of likely N-dealkylation sites (tertiary alicyclic amines) is 1. The van der Waals surface area contributed by atoms with Gasteiger partial charge in [-0.25, -0.2) is 0 Å². The number of fused-ring (bicyclic) bond motifs is 1. The summed E-state index contributed by atoms with van der Waals surface area (Å²) >= 11 is 0. The summed E-state index contributed by atoms with van der Waals surface area (Å²) < 4.78 is 5.77. The molecule has 2 aliphatic heterocycles. The number of halogens is 1. The van der Waals surface area contributed by atoms with Crippen LogP contribution in [0.2, 0.25) is 0 Å². The number of hydrogen-bond acceptors (Lipinski definition) is 3. The third-order valence-electron chi connectivity index (χ3n) is 5.66. The molecule has 2 aliphatic rings. The molecule has 0 aliphatic carbocycles. The van der Waals surface area contributed by atoms with Crippen molar-refractivity contribution in [1.29, 1.82) is 0 Å². The Bertz CT molecular complexity index is 724. The maximum Gasteiger partial charge on any atom is 0.289 e. The zero-order valence-electron chi connectivity index (χ0n) is 14.1. The van der Waals surface area contributed by atoms with E-state index in [1.54, 1.807) is 0 Å². The fourth-order valence-electron chi connectivity index (χ4n) is 4.07. The van der Waals surface area contributed by atoms with Crippen LogP contribution in [0, 0.1) is 12.3 Å². The van der Waals surface area contributed by atoms with Gasteiger partial charge in [-0.3, -0.25) is 4.79 Å². The lowest BCUT2D eigenvalue weighted by atomic mass is 9.71. The van der Waals surface area contributed by atoms with Gasteiger partial charge in [0.1, 0.15) is 5.58 Å². The first-order valence-electron chi connectivity index (χ1n) is 8.66. The SMILES string of the molecule is Cc1ccc2oc(C(=O)N3CCC4(CCNCC4)CC3)cc2c1.Cl. The third-order valence-corrected chi connectivity index (χ3v) is 5.66. The van der Waals surface area contributed by atoms with Crippen LogP contribution in [-0.4, -0.2) is 37.0 Å². The van der Waals surface area contributed by atoms with Crippen molar-refractivity contribution < 1.29 is 9.21 Å². The van der Waals surface area contributed by atoms with Gasteiger partial charge in [0.05, 0.1) is 0 Å². The van der Waals surface area contributed by atoms with E-state index in [2.05, 4.69) is 18.3 Å². The summed E-state index contributed by atoms with van der Waals surface area (Å²) in [5, 5.41) is 4.45. The molecule has 4 rings (SSSR count). The van der Waals surface area contributed by atoms with Crippen LogP contribution in [0.1, 0.15) is 41.8 Å². The minimum absolute atomic E-state index is 0. The van der Waals surface area contributed by atoms with E-state index in [-0.39, 0.29) is 18.3 Å². The maximum absolute atomic E-state index is 12.7. The summed E-state index contributed by atoms with van der Waals surface area (Å²) in [5.41, 5.74) is 2.45. The predicted octanol–water partition coefficient (Wildman–Crippen LogP) is 3.77. The fraction of sp³-hybridized carbons (Fsp3) is 0.526. The van der Waals surface area contributed by atoms with E-state index >= 15 is 0 Å². The van der Waals surface area contributed by atoms with Crippen molar-refractivity contribution in [3.63, 3.8) is 0 Å². The predicted molar refractivity (Wildman–Crippen MR) is 97.9 cm³/mol. The Kier molecular flexibility index (Phi) is 4.88. The standard InChI is InChI=1S/C19H24N2O2.ClH/c1-14-2-3-16-15(12-14)13-17(23-16)18(22)21-10-6-19(7-11-21)4-8-20-9-5-19;/h2-3,12-13,20H,4-11H2,1H3;1H. The van der Waals surface area contributed by atoms with Gasteiger partial charge in [0.2, 0.25) is 0 Å². The second kappa shape index (κ2) is 6.77. The highest BCUT2D eigenvalue weighted by Gasteiger charge is 2.37. The summed E-state index contributed by atoms with van der Waals surface area (Å²) in [4.78, 5) is 14.7. The quantitative estimate of drug-likeness (QED) is 0.853. The molecule has 1 aromatic heterocycles. The van der Waals surface area contributed by atoms with Crippen molar-refractivity contribution in [3.8, 4) is 0 Å². The molecule has 2 aromatic rings. The van der Waals surface area contributed by atoms with E-state index in [0.29, 0.717) is 11.2 Å². The molecule has 0 bridgehead atoms. The maximum atomic E-state index is 12.7. The highest BCUT2D eigenvalue weighted by Crippen LogP contribution is 2.39. The first-order chi connectivity index (χ1) is 11.2. The zero-order chi connectivity index (χ0) is 15.9. The number of carbonyl (C=O) groups is 1. The molecule has 1 spiro atoms. The van der Waals surface area contributed by atoms with Gasteiger partial charge in [-0.15, -0.1) is 12.4 Å². The van der Waals surface area contributed by atoms with Gasteiger partial charge in [-0.2, -0.15) is 0 Å². The van der Waals surface area contributed by atoms with Crippen LogP contribution >= 0.6 is 12.4 Å². The number of amides is 1.